The molecule has 0 aliphatic rings. The lowest BCUT2D eigenvalue weighted by Gasteiger charge is -2.11. The van der Waals surface area contributed by atoms with Gasteiger partial charge in [0.15, 0.2) is 12.3 Å². The van der Waals surface area contributed by atoms with Gasteiger partial charge in [-0.2, -0.15) is 13.2 Å². The molecule has 0 fully saturated rings. The van der Waals surface area contributed by atoms with Gasteiger partial charge in [-0.3, -0.25) is 4.52 Å². The third-order valence-electron chi connectivity index (χ3n) is 3.74. The standard InChI is InChI=1S/C16H10F3N5O2S2/c1-24-6-10(26-23-24)22-14(25)13-12(20)11-7(16(17,18)19)5-8(21-15(11)28-13)9-3-2-4-27-9/h2-6H,1H3,(H2-,20,22,23,25). The molecule has 0 saturated heterocycles. The van der Waals surface area contributed by atoms with Gasteiger partial charge in [0.2, 0.25) is 0 Å². The average molecular weight is 425 g/mol. The molecule has 0 aliphatic heterocycles. The normalized spacial score (nSPS) is 12.8. The lowest BCUT2D eigenvalue weighted by atomic mass is 10.1. The molecule has 0 aromatic carbocycles. The molecular formula is C16H10F3N5O2S2. The van der Waals surface area contributed by atoms with Crippen molar-refractivity contribution in [3.05, 3.63) is 40.2 Å². The summed E-state index contributed by atoms with van der Waals surface area (Å²) in [5.74, 6) is -0.921. The molecule has 0 amide bonds. The molecule has 7 nitrogen and oxygen atoms in total. The van der Waals surface area contributed by atoms with Crippen LogP contribution in [0.4, 0.5) is 24.7 Å². The molecule has 144 valence electrons. The number of nitrogen functional groups attached to an aromatic ring is 1. The molecule has 0 spiro atoms. The molecule has 0 bridgehead atoms. The number of nitrogens with two attached hydrogens (primary N) is 1. The van der Waals surface area contributed by atoms with E-state index >= 15 is 0 Å². The fraction of sp³-hybridized carbons (Fsp3) is 0.125. The van der Waals surface area contributed by atoms with Crippen molar-refractivity contribution in [2.45, 2.75) is 6.18 Å². The minimum atomic E-state index is -4.67. The Morgan fingerprint density at radius 1 is 1.39 bits per heavy atom. The van der Waals surface area contributed by atoms with Crippen LogP contribution in [0, 0.1) is 0 Å². The maximum atomic E-state index is 13.7. The largest absolute Gasteiger partial charge is 0.857 e. The number of hydrogen-bond acceptors (Lipinski definition) is 8. The van der Waals surface area contributed by atoms with Crippen LogP contribution in [0.1, 0.15) is 10.4 Å². The highest BCUT2D eigenvalue weighted by atomic mass is 32.1. The molecule has 4 aromatic rings. The van der Waals surface area contributed by atoms with Gasteiger partial charge in [0, 0.05) is 11.3 Å². The molecule has 12 heteroatoms. The summed E-state index contributed by atoms with van der Waals surface area (Å²) in [5, 5.41) is 17.4. The Bertz CT molecular complexity index is 1200. The SMILES string of the molecule is C[n+]1cc(/N=C(\[O-])c2sc3nc(-c4cccs4)cc(C(F)(F)F)c3c2N)on1. The van der Waals surface area contributed by atoms with Crippen LogP contribution in [-0.2, 0) is 13.2 Å². The first-order chi connectivity index (χ1) is 13.2. The highest BCUT2D eigenvalue weighted by Crippen LogP contribution is 2.43. The van der Waals surface area contributed by atoms with Gasteiger partial charge in [-0.05, 0) is 17.5 Å². The highest BCUT2D eigenvalue weighted by Gasteiger charge is 2.35. The van der Waals surface area contributed by atoms with Crippen LogP contribution in [0.25, 0.3) is 20.8 Å². The van der Waals surface area contributed by atoms with Crippen LogP contribution in [0.3, 0.4) is 0 Å². The molecule has 4 heterocycles. The number of alkyl halides is 3. The van der Waals surface area contributed by atoms with E-state index in [1.54, 1.807) is 24.6 Å². The Labute approximate surface area is 163 Å². The Kier molecular flexibility index (Phi) is 4.31. The van der Waals surface area contributed by atoms with E-state index in [-0.39, 0.29) is 32.4 Å². The van der Waals surface area contributed by atoms with E-state index in [1.165, 1.54) is 22.2 Å². The minimum Gasteiger partial charge on any atom is -0.857 e. The van der Waals surface area contributed by atoms with E-state index in [0.717, 1.165) is 17.4 Å². The number of nitrogens with zero attached hydrogens (tertiary/aromatic N) is 4. The Hall–Kier alpha value is -2.99. The number of anilines is 1. The van der Waals surface area contributed by atoms with Crippen molar-refractivity contribution < 1.29 is 27.5 Å². The second kappa shape index (κ2) is 6.56. The summed E-state index contributed by atoms with van der Waals surface area (Å²) in [6.07, 6.45) is -3.33. The van der Waals surface area contributed by atoms with Gasteiger partial charge >= 0.3 is 12.1 Å². The summed E-state index contributed by atoms with van der Waals surface area (Å²) in [4.78, 5) is 8.43. The number of aromatic nitrogens is 3. The molecule has 0 unspecified atom stereocenters. The number of halogens is 3. The zero-order valence-electron chi connectivity index (χ0n) is 14.0. The van der Waals surface area contributed by atoms with Gasteiger partial charge in [-0.15, -0.1) is 22.7 Å². The number of fused-ring (bicyclic) bond motifs is 1. The molecule has 4 rings (SSSR count). The van der Waals surface area contributed by atoms with Crippen molar-refractivity contribution in [3.8, 4) is 10.6 Å². The van der Waals surface area contributed by atoms with E-state index < -0.39 is 17.6 Å². The van der Waals surface area contributed by atoms with Crippen molar-refractivity contribution in [3.63, 3.8) is 0 Å². The summed E-state index contributed by atoms with van der Waals surface area (Å²) in [6.45, 7) is 0. The minimum absolute atomic E-state index is 0.0115. The Morgan fingerprint density at radius 2 is 2.18 bits per heavy atom. The van der Waals surface area contributed by atoms with E-state index in [0.29, 0.717) is 4.88 Å². The molecule has 28 heavy (non-hydrogen) atoms. The van der Waals surface area contributed by atoms with Crippen molar-refractivity contribution >= 4 is 50.4 Å². The van der Waals surface area contributed by atoms with Crippen LogP contribution < -0.4 is 15.5 Å². The third-order valence-corrected chi connectivity index (χ3v) is 5.72. The van der Waals surface area contributed by atoms with Crippen LogP contribution in [0.2, 0.25) is 0 Å². The molecule has 0 atom stereocenters. The summed E-state index contributed by atoms with van der Waals surface area (Å²) < 4.78 is 47.1. The van der Waals surface area contributed by atoms with Gasteiger partial charge in [0.1, 0.15) is 4.83 Å². The van der Waals surface area contributed by atoms with E-state index in [2.05, 4.69) is 15.2 Å². The summed E-state index contributed by atoms with van der Waals surface area (Å²) in [6, 6.07) is 4.33. The van der Waals surface area contributed by atoms with Gasteiger partial charge in [-0.1, -0.05) is 10.7 Å². The maximum absolute atomic E-state index is 13.7. The monoisotopic (exact) mass is 425 g/mol. The van der Waals surface area contributed by atoms with Gasteiger partial charge in [0.05, 0.1) is 26.7 Å². The van der Waals surface area contributed by atoms with Crippen LogP contribution in [-0.4, -0.2) is 16.2 Å². The molecule has 0 aliphatic carbocycles. The number of thiophene rings is 2. The Morgan fingerprint density at radius 3 is 2.79 bits per heavy atom. The zero-order chi connectivity index (χ0) is 20.1. The predicted octanol–water partition coefficient (Wildman–Crippen LogP) is 2.88. The van der Waals surface area contributed by atoms with Crippen molar-refractivity contribution in [2.75, 3.05) is 5.73 Å². The molecule has 2 N–H and O–H groups in total. The second-order valence-corrected chi connectivity index (χ2v) is 7.63. The molecular weight excluding hydrogens is 415 g/mol. The van der Waals surface area contributed by atoms with E-state index in [1.807, 2.05) is 0 Å². The molecule has 0 saturated carbocycles. The second-order valence-electron chi connectivity index (χ2n) is 5.69. The number of aryl methyl sites for hydroxylation is 1. The van der Waals surface area contributed by atoms with Crippen molar-refractivity contribution in [1.29, 1.82) is 0 Å². The quantitative estimate of drug-likeness (QED) is 0.309. The average Bonchev–Trinajstić information content (AvgIpc) is 3.34. The van der Waals surface area contributed by atoms with Crippen molar-refractivity contribution in [2.24, 2.45) is 12.0 Å². The first-order valence-electron chi connectivity index (χ1n) is 7.67. The Balaban J connectivity index is 1.93. The first-order valence-corrected chi connectivity index (χ1v) is 9.36. The highest BCUT2D eigenvalue weighted by molar-refractivity contribution is 7.21. The lowest BCUT2D eigenvalue weighted by molar-refractivity contribution is -0.739. The van der Waals surface area contributed by atoms with E-state index in [4.69, 9.17) is 10.3 Å². The van der Waals surface area contributed by atoms with Crippen molar-refractivity contribution in [1.82, 2.24) is 10.3 Å². The maximum Gasteiger partial charge on any atom is 0.417 e. The predicted molar refractivity (Wildman–Crippen MR) is 96.2 cm³/mol. The first kappa shape index (κ1) is 18.4. The number of rotatable bonds is 3. The summed E-state index contributed by atoms with van der Waals surface area (Å²) in [7, 11) is 1.56. The molecule has 0 radical (unpaired) electrons. The van der Waals surface area contributed by atoms with Gasteiger partial charge in [0.25, 0.3) is 6.20 Å². The zero-order valence-corrected chi connectivity index (χ0v) is 15.7. The van der Waals surface area contributed by atoms with Crippen LogP contribution in [0.5, 0.6) is 0 Å². The topological polar surface area (TPSA) is 104 Å². The van der Waals surface area contributed by atoms with Crippen LogP contribution >= 0.6 is 22.7 Å². The number of pyridine rings is 1. The van der Waals surface area contributed by atoms with Gasteiger partial charge in [-0.25, -0.2) is 9.98 Å². The van der Waals surface area contributed by atoms with E-state index in [9.17, 15) is 18.3 Å². The summed E-state index contributed by atoms with van der Waals surface area (Å²) >= 11 is 2.02. The fourth-order valence-electron chi connectivity index (χ4n) is 2.57. The number of aliphatic imine (C=N–C) groups is 1. The number of hydrogen-bond donors (Lipinski definition) is 1. The smallest absolute Gasteiger partial charge is 0.417 e. The fourth-order valence-corrected chi connectivity index (χ4v) is 4.26. The summed E-state index contributed by atoms with van der Waals surface area (Å²) in [5.41, 5.74) is 4.81. The van der Waals surface area contributed by atoms with Crippen LogP contribution in [0.15, 0.2) is 39.3 Å². The van der Waals surface area contributed by atoms with Gasteiger partial charge < -0.3 is 10.8 Å². The molecule has 4 aromatic heterocycles. The lowest BCUT2D eigenvalue weighted by Crippen LogP contribution is -2.27. The third kappa shape index (κ3) is 3.20.